The van der Waals surface area contributed by atoms with Crippen LogP contribution in [0.1, 0.15) is 36.4 Å². The zero-order valence-corrected chi connectivity index (χ0v) is 12.8. The molecule has 6 nitrogen and oxygen atoms in total. The lowest BCUT2D eigenvalue weighted by molar-refractivity contribution is 0.121. The van der Waals surface area contributed by atoms with Crippen molar-refractivity contribution in [2.75, 3.05) is 0 Å². The quantitative estimate of drug-likeness (QED) is 0.901. The number of aromatic amines is 1. The predicted octanol–water partition coefficient (Wildman–Crippen LogP) is 2.70. The normalized spacial score (nSPS) is 20.6. The molecule has 1 aromatic carbocycles. The molecule has 0 saturated carbocycles. The van der Waals surface area contributed by atoms with E-state index < -0.39 is 6.10 Å². The summed E-state index contributed by atoms with van der Waals surface area (Å²) in [5.74, 6) is 1.06. The molecule has 1 aliphatic carbocycles. The van der Waals surface area contributed by atoms with Crippen LogP contribution in [0.25, 0.3) is 0 Å². The first-order valence-electron chi connectivity index (χ1n) is 6.65. The Morgan fingerprint density at radius 2 is 2.24 bits per heavy atom. The van der Waals surface area contributed by atoms with Crippen LogP contribution < -0.4 is 4.74 Å². The van der Waals surface area contributed by atoms with Crippen molar-refractivity contribution in [2.45, 2.75) is 32.5 Å². The molecule has 0 radical (unpaired) electrons. The highest BCUT2D eigenvalue weighted by molar-refractivity contribution is 6.43. The molecule has 2 N–H and O–H groups in total. The smallest absolute Gasteiger partial charge is 0.211 e. The van der Waals surface area contributed by atoms with Crippen LogP contribution in [0.3, 0.4) is 0 Å². The lowest BCUT2D eigenvalue weighted by atomic mass is 10.0. The number of aliphatic hydroxyl groups excluding tert-OH is 1. The molecule has 0 fully saturated rings. The average molecular weight is 329 g/mol. The van der Waals surface area contributed by atoms with Crippen molar-refractivity contribution in [2.24, 2.45) is 5.92 Å². The van der Waals surface area contributed by atoms with Gasteiger partial charge in [0.1, 0.15) is 10.8 Å². The fraction of sp³-hybridized carbons (Fsp3) is 0.462. The number of nitrogens with one attached hydrogen (secondary N) is 1. The first kappa shape index (κ1) is 14.6. The zero-order valence-electron chi connectivity index (χ0n) is 11.3. The second kappa shape index (κ2) is 5.79. The largest absolute Gasteiger partial charge is 0.484 e. The molecule has 0 saturated heterocycles. The van der Waals surface area contributed by atoms with Gasteiger partial charge in [-0.1, -0.05) is 41.8 Å². The fourth-order valence-corrected chi connectivity index (χ4v) is 3.18. The maximum absolute atomic E-state index is 10.3. The number of ether oxygens (including phenoxy) is 1. The zero-order chi connectivity index (χ0) is 15.0. The average Bonchev–Trinajstić information content (AvgIpc) is 3.09. The minimum atomic E-state index is -0.568. The number of nitrogens with zero attached hydrogens (tertiary/aromatic N) is 3. The Morgan fingerprint density at radius 1 is 1.43 bits per heavy atom. The van der Waals surface area contributed by atoms with E-state index >= 15 is 0 Å². The second-order valence-corrected chi connectivity index (χ2v) is 5.77. The van der Waals surface area contributed by atoms with E-state index in [4.69, 9.17) is 27.9 Å². The number of rotatable bonds is 4. The van der Waals surface area contributed by atoms with E-state index in [0.29, 0.717) is 21.6 Å². The summed E-state index contributed by atoms with van der Waals surface area (Å²) in [6.07, 6.45) is 1.08. The number of fused-ring (bicyclic) bond motifs is 1. The third-order valence-electron chi connectivity index (χ3n) is 3.79. The molecular formula is C13H14Cl2N4O2. The number of hydrogen-bond acceptors (Lipinski definition) is 5. The van der Waals surface area contributed by atoms with Crippen molar-refractivity contribution in [3.8, 4) is 5.75 Å². The molecule has 0 bridgehead atoms. The Labute approximate surface area is 131 Å². The van der Waals surface area contributed by atoms with Crippen LogP contribution in [0.15, 0.2) is 6.07 Å². The molecule has 21 heavy (non-hydrogen) atoms. The van der Waals surface area contributed by atoms with Gasteiger partial charge in [-0.2, -0.15) is 5.21 Å². The lowest BCUT2D eigenvalue weighted by Crippen LogP contribution is -2.05. The van der Waals surface area contributed by atoms with Crippen molar-refractivity contribution in [3.63, 3.8) is 0 Å². The van der Waals surface area contributed by atoms with Crippen LogP contribution in [-0.2, 0) is 13.0 Å². The number of benzene rings is 1. The van der Waals surface area contributed by atoms with Gasteiger partial charge in [0.2, 0.25) is 5.82 Å². The molecule has 0 aliphatic heterocycles. The van der Waals surface area contributed by atoms with E-state index in [1.54, 1.807) is 0 Å². The molecule has 2 atom stereocenters. The van der Waals surface area contributed by atoms with Crippen molar-refractivity contribution in [3.05, 3.63) is 33.1 Å². The standard InChI is InChI=1S/C13H14Cl2N4O2/c1-2-6-3-7-4-8(21-5-9-16-18-19-17-9)11(14)12(15)10(7)13(6)20/h4,6,13,20H,2-3,5H2,1H3,(H,16,17,18,19). The first-order chi connectivity index (χ1) is 10.1. The van der Waals surface area contributed by atoms with Gasteiger partial charge in [-0.25, -0.2) is 0 Å². The van der Waals surface area contributed by atoms with Crippen LogP contribution in [-0.4, -0.2) is 25.7 Å². The van der Waals surface area contributed by atoms with Crippen LogP contribution in [0.2, 0.25) is 10.0 Å². The molecule has 3 rings (SSSR count). The fourth-order valence-electron chi connectivity index (χ4n) is 2.64. The number of aromatic nitrogens is 4. The monoisotopic (exact) mass is 328 g/mol. The van der Waals surface area contributed by atoms with Gasteiger partial charge in [-0.15, -0.1) is 10.2 Å². The van der Waals surface area contributed by atoms with Gasteiger partial charge in [0.05, 0.1) is 11.1 Å². The highest BCUT2D eigenvalue weighted by Gasteiger charge is 2.33. The van der Waals surface area contributed by atoms with E-state index in [1.165, 1.54) is 0 Å². The van der Waals surface area contributed by atoms with Gasteiger partial charge >= 0.3 is 0 Å². The summed E-state index contributed by atoms with van der Waals surface area (Å²) in [5, 5.41) is 24.4. The predicted molar refractivity (Wildman–Crippen MR) is 77.4 cm³/mol. The Kier molecular flexibility index (Phi) is 4.01. The summed E-state index contributed by atoms with van der Waals surface area (Å²) >= 11 is 12.5. The van der Waals surface area contributed by atoms with E-state index in [1.807, 2.05) is 13.0 Å². The molecular weight excluding hydrogens is 315 g/mol. The molecule has 2 unspecified atom stereocenters. The van der Waals surface area contributed by atoms with Crippen LogP contribution in [0.5, 0.6) is 5.75 Å². The maximum atomic E-state index is 10.3. The molecule has 112 valence electrons. The number of tetrazole rings is 1. The minimum absolute atomic E-state index is 0.144. The molecule has 8 heteroatoms. The SMILES string of the molecule is CCC1Cc2cc(OCc3nn[nH]n3)c(Cl)c(Cl)c2C1O. The summed E-state index contributed by atoms with van der Waals surface area (Å²) in [6, 6.07) is 1.84. The topological polar surface area (TPSA) is 83.9 Å². The minimum Gasteiger partial charge on any atom is -0.484 e. The summed E-state index contributed by atoms with van der Waals surface area (Å²) in [6.45, 7) is 2.19. The van der Waals surface area contributed by atoms with Crippen LogP contribution in [0.4, 0.5) is 0 Å². The van der Waals surface area contributed by atoms with Crippen molar-refractivity contribution < 1.29 is 9.84 Å². The maximum Gasteiger partial charge on any atom is 0.211 e. The van der Waals surface area contributed by atoms with Gasteiger partial charge in [-0.05, 0) is 24.0 Å². The van der Waals surface area contributed by atoms with E-state index in [2.05, 4.69) is 20.6 Å². The third-order valence-corrected chi connectivity index (χ3v) is 4.66. The van der Waals surface area contributed by atoms with Crippen molar-refractivity contribution >= 4 is 23.2 Å². The molecule has 1 aromatic heterocycles. The highest BCUT2D eigenvalue weighted by Crippen LogP contribution is 2.47. The molecule has 2 aromatic rings. The van der Waals surface area contributed by atoms with Gasteiger partial charge in [0.25, 0.3) is 0 Å². The number of halogens is 2. The van der Waals surface area contributed by atoms with Crippen molar-refractivity contribution in [1.29, 1.82) is 0 Å². The summed E-state index contributed by atoms with van der Waals surface area (Å²) in [5.41, 5.74) is 1.70. The van der Waals surface area contributed by atoms with Gasteiger partial charge < -0.3 is 9.84 Å². The first-order valence-corrected chi connectivity index (χ1v) is 7.41. The summed E-state index contributed by atoms with van der Waals surface area (Å²) in [7, 11) is 0. The van der Waals surface area contributed by atoms with E-state index in [0.717, 1.165) is 24.0 Å². The van der Waals surface area contributed by atoms with Crippen molar-refractivity contribution in [1.82, 2.24) is 20.6 Å². The number of hydrogen-bond donors (Lipinski definition) is 2. The third kappa shape index (κ3) is 2.59. The second-order valence-electron chi connectivity index (χ2n) is 5.01. The summed E-state index contributed by atoms with van der Waals surface area (Å²) < 4.78 is 5.61. The Morgan fingerprint density at radius 3 is 2.90 bits per heavy atom. The van der Waals surface area contributed by atoms with E-state index in [-0.39, 0.29) is 12.5 Å². The molecule has 0 spiro atoms. The van der Waals surface area contributed by atoms with Gasteiger partial charge in [0.15, 0.2) is 6.61 Å². The van der Waals surface area contributed by atoms with Gasteiger partial charge in [-0.3, -0.25) is 0 Å². The molecule has 1 heterocycles. The van der Waals surface area contributed by atoms with E-state index in [9.17, 15) is 5.11 Å². The lowest BCUT2D eigenvalue weighted by Gasteiger charge is -2.14. The Hall–Kier alpha value is -1.37. The van der Waals surface area contributed by atoms with Crippen LogP contribution >= 0.6 is 23.2 Å². The molecule has 0 amide bonds. The Balaban J connectivity index is 1.89. The highest BCUT2D eigenvalue weighted by atomic mass is 35.5. The molecule has 1 aliphatic rings. The van der Waals surface area contributed by atoms with Crippen LogP contribution in [0, 0.1) is 5.92 Å². The number of aliphatic hydroxyl groups is 1. The Bertz CT molecular complexity index is 648. The number of H-pyrrole nitrogens is 1. The summed E-state index contributed by atoms with van der Waals surface area (Å²) in [4.78, 5) is 0. The van der Waals surface area contributed by atoms with Gasteiger partial charge in [0, 0.05) is 5.56 Å².